The zero-order valence-corrected chi connectivity index (χ0v) is 18.4. The van der Waals surface area contributed by atoms with E-state index in [4.69, 9.17) is 0 Å². The minimum absolute atomic E-state index is 0.108. The minimum atomic E-state index is -0.316. The van der Waals surface area contributed by atoms with Gasteiger partial charge in [-0.3, -0.25) is 4.79 Å². The number of aromatic amines is 1. The minimum Gasteiger partial charge on any atom is -0.393 e. The van der Waals surface area contributed by atoms with Gasteiger partial charge in [0.1, 0.15) is 0 Å². The summed E-state index contributed by atoms with van der Waals surface area (Å²) >= 11 is 0. The summed E-state index contributed by atoms with van der Waals surface area (Å²) in [6.07, 6.45) is 1.12. The summed E-state index contributed by atoms with van der Waals surface area (Å²) in [4.78, 5) is 17.6. The number of aryl methyl sites for hydroxylation is 2. The predicted octanol–water partition coefficient (Wildman–Crippen LogP) is 1.02. The van der Waals surface area contributed by atoms with E-state index in [1.54, 1.807) is 0 Å². The van der Waals surface area contributed by atoms with Crippen LogP contribution in [0.1, 0.15) is 62.2 Å². The Bertz CT molecular complexity index is 1120. The molecule has 0 unspecified atom stereocenters. The fourth-order valence-electron chi connectivity index (χ4n) is 4.41. The summed E-state index contributed by atoms with van der Waals surface area (Å²) in [5, 5.41) is 23.6. The molecular weight excluding hydrogens is 380 g/mol. The SMILES string of the molecule is Cc1ccc2cc([C@@H](c3nnnn3C(C)(C)C)[NH+]3CCC(O)CC3)c(=O)[nH]c2c1C. The Morgan fingerprint density at radius 1 is 1.23 bits per heavy atom. The molecule has 8 nitrogen and oxygen atoms in total. The van der Waals surface area contributed by atoms with Crippen molar-refractivity contribution in [2.45, 2.75) is 65.1 Å². The molecule has 2 aromatic heterocycles. The first kappa shape index (κ1) is 20.7. The molecule has 1 aliphatic heterocycles. The molecule has 160 valence electrons. The molecule has 0 spiro atoms. The smallest absolute Gasteiger partial charge is 0.258 e. The molecule has 0 radical (unpaired) electrons. The molecule has 1 saturated heterocycles. The topological polar surface area (TPSA) is 101 Å². The van der Waals surface area contributed by atoms with Crippen LogP contribution in [0.15, 0.2) is 23.0 Å². The molecule has 8 heteroatoms. The number of fused-ring (bicyclic) bond motifs is 1. The number of tetrazole rings is 1. The van der Waals surface area contributed by atoms with Crippen LogP contribution in [0.25, 0.3) is 10.9 Å². The van der Waals surface area contributed by atoms with Crippen molar-refractivity contribution in [2.75, 3.05) is 13.1 Å². The van der Waals surface area contributed by atoms with Gasteiger partial charge in [-0.2, -0.15) is 0 Å². The number of benzene rings is 1. The highest BCUT2D eigenvalue weighted by atomic mass is 16.3. The van der Waals surface area contributed by atoms with E-state index < -0.39 is 0 Å². The van der Waals surface area contributed by atoms with E-state index in [2.05, 4.69) is 53.4 Å². The molecule has 1 fully saturated rings. The van der Waals surface area contributed by atoms with E-state index in [9.17, 15) is 9.90 Å². The molecule has 0 aliphatic carbocycles. The van der Waals surface area contributed by atoms with Crippen LogP contribution in [0, 0.1) is 13.8 Å². The maximum absolute atomic E-state index is 13.3. The number of likely N-dealkylation sites (tertiary alicyclic amines) is 1. The van der Waals surface area contributed by atoms with Crippen molar-refractivity contribution in [3.8, 4) is 0 Å². The lowest BCUT2D eigenvalue weighted by molar-refractivity contribution is -0.932. The molecule has 30 heavy (non-hydrogen) atoms. The summed E-state index contributed by atoms with van der Waals surface area (Å²) in [5.41, 5.74) is 3.35. The first-order chi connectivity index (χ1) is 14.2. The number of piperidine rings is 1. The molecule has 0 amide bonds. The molecule has 4 rings (SSSR count). The van der Waals surface area contributed by atoms with Crippen LogP contribution in [0.3, 0.4) is 0 Å². The van der Waals surface area contributed by atoms with Gasteiger partial charge in [0, 0.05) is 12.8 Å². The van der Waals surface area contributed by atoms with Gasteiger partial charge in [-0.15, -0.1) is 5.10 Å². The van der Waals surface area contributed by atoms with Crippen LogP contribution in [0.5, 0.6) is 0 Å². The number of nitrogens with one attached hydrogen (secondary N) is 2. The second-order valence-electron chi connectivity index (χ2n) is 9.47. The number of pyridine rings is 1. The zero-order chi connectivity index (χ0) is 21.6. The molecule has 1 atom stereocenters. The highest BCUT2D eigenvalue weighted by Crippen LogP contribution is 2.25. The maximum Gasteiger partial charge on any atom is 0.258 e. The lowest BCUT2D eigenvalue weighted by Crippen LogP contribution is -3.14. The Morgan fingerprint density at radius 3 is 2.60 bits per heavy atom. The highest BCUT2D eigenvalue weighted by Gasteiger charge is 2.38. The summed E-state index contributed by atoms with van der Waals surface area (Å²) in [6.45, 7) is 11.7. The lowest BCUT2D eigenvalue weighted by Gasteiger charge is -2.33. The number of aromatic nitrogens is 5. The third-order valence-electron chi connectivity index (χ3n) is 6.28. The number of aliphatic hydroxyl groups is 1. The second-order valence-corrected chi connectivity index (χ2v) is 9.47. The van der Waals surface area contributed by atoms with E-state index >= 15 is 0 Å². The molecular formula is C22H31N6O2+. The highest BCUT2D eigenvalue weighted by molar-refractivity contribution is 5.83. The Hall–Kier alpha value is -2.58. The van der Waals surface area contributed by atoms with E-state index in [0.717, 1.165) is 35.1 Å². The van der Waals surface area contributed by atoms with Gasteiger partial charge in [-0.25, -0.2) is 4.68 Å². The van der Waals surface area contributed by atoms with Crippen molar-refractivity contribution in [3.05, 3.63) is 51.1 Å². The van der Waals surface area contributed by atoms with Gasteiger partial charge in [-0.05, 0) is 67.6 Å². The average Bonchev–Trinajstić information content (AvgIpc) is 3.17. The van der Waals surface area contributed by atoms with E-state index in [0.29, 0.717) is 24.2 Å². The van der Waals surface area contributed by atoms with Crippen LogP contribution >= 0.6 is 0 Å². The fourth-order valence-corrected chi connectivity index (χ4v) is 4.41. The Kier molecular flexibility index (Phi) is 5.23. The van der Waals surface area contributed by atoms with Crippen molar-refractivity contribution in [2.24, 2.45) is 0 Å². The summed E-state index contributed by atoms with van der Waals surface area (Å²) in [7, 11) is 0. The summed E-state index contributed by atoms with van der Waals surface area (Å²) in [5.74, 6) is 0.683. The van der Waals surface area contributed by atoms with Gasteiger partial charge in [0.2, 0.25) is 5.82 Å². The number of quaternary nitrogens is 1. The number of H-pyrrole nitrogens is 1. The van der Waals surface area contributed by atoms with Gasteiger partial charge in [-0.1, -0.05) is 12.1 Å². The fraction of sp³-hybridized carbons (Fsp3) is 0.545. The van der Waals surface area contributed by atoms with Crippen molar-refractivity contribution < 1.29 is 10.0 Å². The average molecular weight is 412 g/mol. The molecule has 0 bridgehead atoms. The van der Waals surface area contributed by atoms with E-state index in [1.807, 2.05) is 24.6 Å². The second kappa shape index (κ2) is 7.59. The quantitative estimate of drug-likeness (QED) is 0.597. The van der Waals surface area contributed by atoms with E-state index in [-0.39, 0.29) is 23.2 Å². The van der Waals surface area contributed by atoms with Crippen molar-refractivity contribution in [3.63, 3.8) is 0 Å². The van der Waals surface area contributed by atoms with Gasteiger partial charge in [0.05, 0.1) is 35.8 Å². The zero-order valence-electron chi connectivity index (χ0n) is 18.4. The summed E-state index contributed by atoms with van der Waals surface area (Å²) in [6, 6.07) is 5.82. The van der Waals surface area contributed by atoms with Gasteiger partial charge in [0.15, 0.2) is 6.04 Å². The third-order valence-corrected chi connectivity index (χ3v) is 6.28. The first-order valence-corrected chi connectivity index (χ1v) is 10.6. The number of rotatable bonds is 3. The van der Waals surface area contributed by atoms with E-state index in [1.165, 1.54) is 4.90 Å². The normalized spacial score (nSPS) is 21.1. The van der Waals surface area contributed by atoms with Crippen LogP contribution < -0.4 is 10.5 Å². The Balaban J connectivity index is 1.91. The predicted molar refractivity (Wildman–Crippen MR) is 115 cm³/mol. The Labute approximate surface area is 175 Å². The van der Waals surface area contributed by atoms with Crippen molar-refractivity contribution >= 4 is 10.9 Å². The van der Waals surface area contributed by atoms with Crippen molar-refractivity contribution in [1.29, 1.82) is 0 Å². The van der Waals surface area contributed by atoms with Crippen LogP contribution in [0.2, 0.25) is 0 Å². The molecule has 3 N–H and O–H groups in total. The van der Waals surface area contributed by atoms with Crippen molar-refractivity contribution in [1.82, 2.24) is 25.2 Å². The number of hydrogen-bond acceptors (Lipinski definition) is 5. The first-order valence-electron chi connectivity index (χ1n) is 10.6. The van der Waals surface area contributed by atoms with Gasteiger partial charge < -0.3 is 15.0 Å². The van der Waals surface area contributed by atoms with Gasteiger partial charge >= 0.3 is 0 Å². The number of nitrogens with zero attached hydrogens (tertiary/aromatic N) is 4. The van der Waals surface area contributed by atoms with Crippen LogP contribution in [0.4, 0.5) is 0 Å². The summed E-state index contributed by atoms with van der Waals surface area (Å²) < 4.78 is 1.82. The lowest BCUT2D eigenvalue weighted by atomic mass is 9.97. The monoisotopic (exact) mass is 411 g/mol. The standard InChI is InChI=1S/C22H30N6O2/c1-13-6-7-15-12-17(21(30)23-18(15)14(13)2)19(27-10-8-16(29)9-11-27)20-24-25-26-28(20)22(3,4)5/h6-7,12,16,19,29H,8-11H2,1-5H3,(H,23,30)/p+1/t19-/m0/s1. The largest absolute Gasteiger partial charge is 0.393 e. The molecule has 3 aromatic rings. The molecule has 1 aliphatic rings. The Morgan fingerprint density at radius 2 is 1.93 bits per heavy atom. The molecule has 0 saturated carbocycles. The third kappa shape index (κ3) is 3.65. The van der Waals surface area contributed by atoms with Gasteiger partial charge in [0.25, 0.3) is 5.56 Å². The van der Waals surface area contributed by atoms with Crippen LogP contribution in [-0.2, 0) is 5.54 Å². The molecule has 3 heterocycles. The van der Waals surface area contributed by atoms with Crippen LogP contribution in [-0.4, -0.2) is 49.5 Å². The molecule has 1 aromatic carbocycles. The maximum atomic E-state index is 13.3. The number of aliphatic hydroxyl groups excluding tert-OH is 1. The number of hydrogen-bond donors (Lipinski definition) is 3.